The van der Waals surface area contributed by atoms with Gasteiger partial charge in [0.2, 0.25) is 0 Å². The van der Waals surface area contributed by atoms with E-state index in [1.165, 1.54) is 25.2 Å². The van der Waals surface area contributed by atoms with Crippen LogP contribution in [0.1, 0.15) is 6.42 Å². The summed E-state index contributed by atoms with van der Waals surface area (Å²) in [6, 6.07) is 10.4. The molecule has 16 heavy (non-hydrogen) atoms. The van der Waals surface area contributed by atoms with Crippen LogP contribution in [0.3, 0.4) is 0 Å². The molecule has 0 aromatic heterocycles. The second-order valence-corrected chi connectivity index (χ2v) is 4.49. The van der Waals surface area contributed by atoms with E-state index in [1.54, 1.807) is 0 Å². The number of nitrogens with one attached hydrogen (secondary N) is 1. The van der Waals surface area contributed by atoms with Crippen LogP contribution in [0.25, 0.3) is 0 Å². The van der Waals surface area contributed by atoms with Crippen molar-refractivity contribution in [2.45, 2.75) is 6.42 Å². The van der Waals surface area contributed by atoms with Crippen molar-refractivity contribution in [3.8, 4) is 0 Å². The zero-order valence-electron chi connectivity index (χ0n) is 10.0. The zero-order valence-corrected chi connectivity index (χ0v) is 10.0. The van der Waals surface area contributed by atoms with Gasteiger partial charge >= 0.3 is 0 Å². The smallest absolute Gasteiger partial charge is 0.0504 e. The maximum Gasteiger partial charge on any atom is 0.0504 e. The molecule has 1 aliphatic heterocycles. The number of nitrogens with zero attached hydrogens (tertiary/aromatic N) is 2. The third-order valence-electron chi connectivity index (χ3n) is 2.99. The third kappa shape index (κ3) is 3.51. The predicted molar refractivity (Wildman–Crippen MR) is 68.6 cm³/mol. The molecule has 1 N–H and O–H groups in total. The summed E-state index contributed by atoms with van der Waals surface area (Å²) in [5.41, 5.74) is 1.22. The van der Waals surface area contributed by atoms with E-state index in [9.17, 15) is 0 Å². The first-order chi connectivity index (χ1) is 7.84. The first-order valence-corrected chi connectivity index (χ1v) is 6.04. The molecule has 1 aromatic rings. The molecule has 1 aromatic carbocycles. The van der Waals surface area contributed by atoms with E-state index in [1.807, 2.05) is 6.07 Å². The maximum atomic E-state index is 3.45. The Morgan fingerprint density at radius 1 is 1.19 bits per heavy atom. The molecule has 0 atom stereocenters. The number of hydrogen-bond donors (Lipinski definition) is 1. The summed E-state index contributed by atoms with van der Waals surface area (Å²) in [4.78, 5) is 4.88. The molecule has 0 bridgehead atoms. The van der Waals surface area contributed by atoms with E-state index >= 15 is 0 Å². The highest BCUT2D eigenvalue weighted by atomic mass is 15.3. The molecule has 0 unspecified atom stereocenters. The van der Waals surface area contributed by atoms with Crippen LogP contribution in [0.5, 0.6) is 0 Å². The van der Waals surface area contributed by atoms with E-state index in [0.717, 1.165) is 19.8 Å². The van der Waals surface area contributed by atoms with Gasteiger partial charge in [-0.1, -0.05) is 18.2 Å². The molecule has 0 aliphatic carbocycles. The van der Waals surface area contributed by atoms with Crippen molar-refractivity contribution in [3.05, 3.63) is 30.3 Å². The lowest BCUT2D eigenvalue weighted by Crippen LogP contribution is -2.44. The first kappa shape index (κ1) is 11.4. The van der Waals surface area contributed by atoms with Gasteiger partial charge in [0.1, 0.15) is 0 Å². The summed E-state index contributed by atoms with van der Waals surface area (Å²) in [6.45, 7) is 5.73. The topological polar surface area (TPSA) is 18.5 Å². The van der Waals surface area contributed by atoms with Gasteiger partial charge in [-0.05, 0) is 25.6 Å². The minimum Gasteiger partial charge on any atom is -0.384 e. The minimum absolute atomic E-state index is 1.03. The summed E-state index contributed by atoms with van der Waals surface area (Å²) >= 11 is 0. The first-order valence-electron chi connectivity index (χ1n) is 6.04. The van der Waals surface area contributed by atoms with Crippen molar-refractivity contribution in [2.24, 2.45) is 0 Å². The Balaban J connectivity index is 1.68. The van der Waals surface area contributed by atoms with Crippen molar-refractivity contribution in [1.82, 2.24) is 9.80 Å². The van der Waals surface area contributed by atoms with Crippen molar-refractivity contribution in [2.75, 3.05) is 45.2 Å². The molecular formula is C13H21N3. The minimum atomic E-state index is 1.03. The monoisotopic (exact) mass is 219 g/mol. The van der Waals surface area contributed by atoms with E-state index in [-0.39, 0.29) is 0 Å². The van der Waals surface area contributed by atoms with Crippen LogP contribution in [0, 0.1) is 0 Å². The van der Waals surface area contributed by atoms with E-state index in [2.05, 4.69) is 46.4 Å². The lowest BCUT2D eigenvalue weighted by molar-refractivity contribution is 0.112. The van der Waals surface area contributed by atoms with Crippen LogP contribution in [0.2, 0.25) is 0 Å². The summed E-state index contributed by atoms with van der Waals surface area (Å²) in [6.07, 6.45) is 1.29. The van der Waals surface area contributed by atoms with Crippen molar-refractivity contribution in [3.63, 3.8) is 0 Å². The molecule has 1 saturated heterocycles. The van der Waals surface area contributed by atoms with E-state index in [4.69, 9.17) is 0 Å². The summed E-state index contributed by atoms with van der Waals surface area (Å²) in [5, 5.41) is 3.45. The van der Waals surface area contributed by atoms with Gasteiger partial charge in [-0.25, -0.2) is 0 Å². The van der Waals surface area contributed by atoms with Crippen molar-refractivity contribution >= 4 is 5.69 Å². The Kier molecular flexibility index (Phi) is 4.19. The van der Waals surface area contributed by atoms with Gasteiger partial charge in [0.05, 0.1) is 6.67 Å². The number of benzene rings is 1. The molecule has 1 heterocycles. The fourth-order valence-corrected chi connectivity index (χ4v) is 2.14. The van der Waals surface area contributed by atoms with Gasteiger partial charge in [-0.3, -0.25) is 9.80 Å². The lowest BCUT2D eigenvalue weighted by Gasteiger charge is -2.33. The van der Waals surface area contributed by atoms with Crippen LogP contribution < -0.4 is 5.32 Å². The molecule has 3 heteroatoms. The molecule has 88 valence electrons. The SMILES string of the molecule is CN1CCCN(CCNc2ccccc2)C1. The average molecular weight is 219 g/mol. The Bertz CT molecular complexity index is 299. The quantitative estimate of drug-likeness (QED) is 0.831. The van der Waals surface area contributed by atoms with Crippen LogP contribution in [0.4, 0.5) is 5.69 Å². The molecular weight excluding hydrogens is 198 g/mol. The Morgan fingerprint density at radius 2 is 2.00 bits per heavy atom. The zero-order chi connectivity index (χ0) is 11.2. The number of hydrogen-bond acceptors (Lipinski definition) is 3. The Hall–Kier alpha value is -1.06. The van der Waals surface area contributed by atoms with Crippen LogP contribution in [-0.4, -0.2) is 49.7 Å². The number of rotatable bonds is 4. The highest BCUT2D eigenvalue weighted by Crippen LogP contribution is 2.06. The van der Waals surface area contributed by atoms with Crippen LogP contribution in [0.15, 0.2) is 30.3 Å². The third-order valence-corrected chi connectivity index (χ3v) is 2.99. The Labute approximate surface area is 98.0 Å². The molecule has 0 radical (unpaired) electrons. The van der Waals surface area contributed by atoms with Crippen LogP contribution in [-0.2, 0) is 0 Å². The fraction of sp³-hybridized carbons (Fsp3) is 0.538. The van der Waals surface area contributed by atoms with Gasteiger partial charge in [-0.2, -0.15) is 0 Å². The molecule has 0 spiro atoms. The average Bonchev–Trinajstić information content (AvgIpc) is 2.30. The lowest BCUT2D eigenvalue weighted by atomic mass is 10.3. The molecule has 0 amide bonds. The summed E-state index contributed by atoms with van der Waals surface area (Å²) in [7, 11) is 2.19. The fourth-order valence-electron chi connectivity index (χ4n) is 2.14. The van der Waals surface area contributed by atoms with E-state index in [0.29, 0.717) is 0 Å². The van der Waals surface area contributed by atoms with Gasteiger partial charge in [-0.15, -0.1) is 0 Å². The Morgan fingerprint density at radius 3 is 2.75 bits per heavy atom. The normalized spacial score (nSPS) is 18.6. The van der Waals surface area contributed by atoms with E-state index < -0.39 is 0 Å². The van der Waals surface area contributed by atoms with Gasteiger partial charge in [0.25, 0.3) is 0 Å². The van der Waals surface area contributed by atoms with Gasteiger partial charge < -0.3 is 5.32 Å². The highest BCUT2D eigenvalue weighted by Gasteiger charge is 2.12. The molecule has 1 fully saturated rings. The predicted octanol–water partition coefficient (Wildman–Crippen LogP) is 1.69. The largest absolute Gasteiger partial charge is 0.384 e. The molecule has 1 aliphatic rings. The summed E-state index contributed by atoms with van der Waals surface area (Å²) in [5.74, 6) is 0. The summed E-state index contributed by atoms with van der Waals surface area (Å²) < 4.78 is 0. The maximum absolute atomic E-state index is 3.45. The van der Waals surface area contributed by atoms with Gasteiger partial charge in [0.15, 0.2) is 0 Å². The van der Waals surface area contributed by atoms with Gasteiger partial charge in [0, 0.05) is 31.9 Å². The highest BCUT2D eigenvalue weighted by molar-refractivity contribution is 5.42. The molecule has 3 nitrogen and oxygen atoms in total. The van der Waals surface area contributed by atoms with Crippen molar-refractivity contribution in [1.29, 1.82) is 0 Å². The molecule has 2 rings (SSSR count). The second kappa shape index (κ2) is 5.87. The second-order valence-electron chi connectivity index (χ2n) is 4.49. The van der Waals surface area contributed by atoms with Crippen LogP contribution >= 0.6 is 0 Å². The molecule has 0 saturated carbocycles. The van der Waals surface area contributed by atoms with Crippen molar-refractivity contribution < 1.29 is 0 Å². The number of anilines is 1. The standard InChI is InChI=1S/C13H21N3/c1-15-9-5-10-16(12-15)11-8-14-13-6-3-2-4-7-13/h2-4,6-7,14H,5,8-12H2,1H3. The number of para-hydroxylation sites is 1.